The topological polar surface area (TPSA) is 92.3 Å². The molecule has 0 saturated heterocycles. The number of benzene rings is 2. The zero-order chi connectivity index (χ0) is 25.4. The number of nitrogens with one attached hydrogen (secondary N) is 1. The molecule has 5 rings (SSSR count). The van der Waals surface area contributed by atoms with Crippen LogP contribution in [-0.2, 0) is 19.1 Å². The van der Waals surface area contributed by atoms with Crippen molar-refractivity contribution in [1.82, 2.24) is 19.2 Å². The minimum absolute atomic E-state index is 0.0189. The van der Waals surface area contributed by atoms with Crippen LogP contribution in [0.2, 0.25) is 0 Å². The fraction of sp³-hybridized carbons (Fsp3) is 0.154. The van der Waals surface area contributed by atoms with Crippen LogP contribution in [0.5, 0.6) is 0 Å². The Morgan fingerprint density at radius 2 is 1.64 bits per heavy atom. The Labute approximate surface area is 203 Å². The largest absolute Gasteiger partial charge is 0.433 e. The summed E-state index contributed by atoms with van der Waals surface area (Å²) in [6.07, 6.45) is -4.10. The van der Waals surface area contributed by atoms with Gasteiger partial charge >= 0.3 is 17.8 Å². The van der Waals surface area contributed by atoms with Crippen LogP contribution in [0.3, 0.4) is 0 Å². The summed E-state index contributed by atoms with van der Waals surface area (Å²) in [5.74, 6) is 0.0189. The predicted octanol–water partition coefficient (Wildman–Crippen LogP) is 4.19. The lowest BCUT2D eigenvalue weighted by Gasteiger charge is -2.12. The van der Waals surface area contributed by atoms with Crippen molar-refractivity contribution in [3.63, 3.8) is 0 Å². The van der Waals surface area contributed by atoms with Gasteiger partial charge in [-0.15, -0.1) is 9.50 Å². The number of hydrogen-bond acceptors (Lipinski definition) is 4. The molecule has 36 heavy (non-hydrogen) atoms. The van der Waals surface area contributed by atoms with E-state index in [0.717, 1.165) is 11.6 Å². The molecular weight excluding hydrogens is 469 g/mol. The molecule has 0 amide bonds. The van der Waals surface area contributed by atoms with E-state index < -0.39 is 17.6 Å². The number of nitrogens with zero attached hydrogens (tertiary/aromatic N) is 4. The zero-order valence-electron chi connectivity index (χ0n) is 19.3. The smallest absolute Gasteiger partial charge is 0.290 e. The molecule has 0 spiro atoms. The number of alkyl halides is 3. The van der Waals surface area contributed by atoms with Gasteiger partial charge in [0.15, 0.2) is 0 Å². The number of H-pyrrole nitrogens is 1. The van der Waals surface area contributed by atoms with Crippen LogP contribution in [0, 0.1) is 6.92 Å². The second-order valence-corrected chi connectivity index (χ2v) is 8.41. The lowest BCUT2D eigenvalue weighted by Crippen LogP contribution is -2.28. The summed E-state index contributed by atoms with van der Waals surface area (Å²) in [5, 5.41) is 4.54. The summed E-state index contributed by atoms with van der Waals surface area (Å²) in [6.45, 7) is 1.76. The van der Waals surface area contributed by atoms with E-state index in [9.17, 15) is 18.0 Å². The number of fused-ring (bicyclic) bond motifs is 1. The fourth-order valence-electron chi connectivity index (χ4n) is 4.22. The minimum atomic E-state index is -4.64. The van der Waals surface area contributed by atoms with E-state index in [1.807, 2.05) is 36.4 Å². The van der Waals surface area contributed by atoms with Crippen molar-refractivity contribution in [2.24, 2.45) is 0 Å². The highest BCUT2D eigenvalue weighted by Gasteiger charge is 2.34. The lowest BCUT2D eigenvalue weighted by molar-refractivity contribution is -0.351. The van der Waals surface area contributed by atoms with Crippen molar-refractivity contribution in [3.8, 4) is 22.4 Å². The fourth-order valence-corrected chi connectivity index (χ4v) is 4.22. The molecule has 3 N–H and O–H groups in total. The number of pyridine rings is 1. The van der Waals surface area contributed by atoms with E-state index in [2.05, 4.69) is 15.1 Å². The second-order valence-electron chi connectivity index (χ2n) is 8.41. The van der Waals surface area contributed by atoms with Gasteiger partial charge in [0.25, 0.3) is 0 Å². The number of rotatable bonds is 5. The molecule has 0 aliphatic rings. The summed E-state index contributed by atoms with van der Waals surface area (Å²) in [5.41, 5.74) is 7.75. The molecule has 0 atom stereocenters. The Bertz CT molecular complexity index is 1610. The van der Waals surface area contributed by atoms with Crippen LogP contribution in [0.25, 0.3) is 28.0 Å². The molecule has 0 fully saturated rings. The van der Waals surface area contributed by atoms with E-state index in [4.69, 9.17) is 5.73 Å². The Kier molecular flexibility index (Phi) is 5.79. The Morgan fingerprint density at radius 1 is 0.972 bits per heavy atom. The summed E-state index contributed by atoms with van der Waals surface area (Å²) >= 11 is 0. The van der Waals surface area contributed by atoms with Gasteiger partial charge in [-0.3, -0.25) is 5.73 Å². The molecular formula is C26H22F3N6O+. The molecule has 0 radical (unpaired) electrons. The average Bonchev–Trinajstić information content (AvgIpc) is 3.19. The number of nitrogen functional groups attached to an aromatic ring is 1. The predicted molar refractivity (Wildman–Crippen MR) is 129 cm³/mol. The minimum Gasteiger partial charge on any atom is -0.290 e. The molecule has 2 aromatic carbocycles. The van der Waals surface area contributed by atoms with E-state index in [1.54, 1.807) is 24.3 Å². The molecule has 0 bridgehead atoms. The van der Waals surface area contributed by atoms with Crippen LogP contribution in [0.4, 0.5) is 19.1 Å². The van der Waals surface area contributed by atoms with Crippen LogP contribution in [-0.4, -0.2) is 19.2 Å². The molecule has 3 aromatic heterocycles. The van der Waals surface area contributed by atoms with Gasteiger partial charge in [-0.1, -0.05) is 60.7 Å². The second kappa shape index (κ2) is 8.95. The van der Waals surface area contributed by atoms with Crippen LogP contribution < -0.4 is 16.4 Å². The van der Waals surface area contributed by atoms with Crippen molar-refractivity contribution in [1.29, 1.82) is 0 Å². The summed E-state index contributed by atoms with van der Waals surface area (Å²) < 4.78 is 43.4. The normalized spacial score (nSPS) is 11.8. The number of hydrogen-bond donors (Lipinski definition) is 1. The van der Waals surface area contributed by atoms with Crippen molar-refractivity contribution in [2.45, 2.75) is 26.1 Å². The summed E-state index contributed by atoms with van der Waals surface area (Å²) in [4.78, 5) is 20.0. The van der Waals surface area contributed by atoms with Gasteiger partial charge in [0.05, 0.1) is 12.1 Å². The van der Waals surface area contributed by atoms with E-state index in [1.165, 1.54) is 22.1 Å². The van der Waals surface area contributed by atoms with Gasteiger partial charge < -0.3 is 0 Å². The number of anilines is 1. The van der Waals surface area contributed by atoms with Crippen molar-refractivity contribution in [2.75, 3.05) is 5.73 Å². The van der Waals surface area contributed by atoms with Gasteiger partial charge in [0.1, 0.15) is 11.4 Å². The summed E-state index contributed by atoms with van der Waals surface area (Å²) in [7, 11) is 0. The molecule has 0 unspecified atom stereocenters. The number of nitrogens with two attached hydrogens (primary N) is 1. The SMILES string of the molecule is Cc1cc(-c2c(-c3ccccc3)[nH+]c(N)n3c(=O)n(CCc4ccccc4)nc23)cc(C(F)(F)F)n1. The summed E-state index contributed by atoms with van der Waals surface area (Å²) in [6, 6.07) is 21.1. The van der Waals surface area contributed by atoms with E-state index in [-0.39, 0.29) is 29.4 Å². The van der Waals surface area contributed by atoms with E-state index >= 15 is 0 Å². The maximum atomic E-state index is 13.6. The monoisotopic (exact) mass is 491 g/mol. The highest BCUT2D eigenvalue weighted by molar-refractivity contribution is 5.88. The van der Waals surface area contributed by atoms with Gasteiger partial charge in [-0.25, -0.2) is 14.8 Å². The zero-order valence-corrected chi connectivity index (χ0v) is 19.3. The van der Waals surface area contributed by atoms with Gasteiger partial charge in [0.2, 0.25) is 5.65 Å². The average molecular weight is 491 g/mol. The third-order valence-electron chi connectivity index (χ3n) is 5.86. The molecule has 0 aliphatic heterocycles. The maximum absolute atomic E-state index is 13.6. The first-order valence-corrected chi connectivity index (χ1v) is 11.2. The molecule has 182 valence electrons. The van der Waals surface area contributed by atoms with Crippen LogP contribution in [0.1, 0.15) is 17.0 Å². The van der Waals surface area contributed by atoms with Crippen molar-refractivity contribution < 1.29 is 18.2 Å². The molecule has 10 heteroatoms. The number of aryl methyl sites for hydroxylation is 3. The van der Waals surface area contributed by atoms with Gasteiger partial charge in [-0.2, -0.15) is 17.9 Å². The molecule has 5 aromatic rings. The first-order valence-electron chi connectivity index (χ1n) is 11.2. The van der Waals surface area contributed by atoms with E-state index in [0.29, 0.717) is 23.2 Å². The third kappa shape index (κ3) is 4.33. The first-order chi connectivity index (χ1) is 17.2. The lowest BCUT2D eigenvalue weighted by atomic mass is 9.99. The molecule has 7 nitrogen and oxygen atoms in total. The quantitative estimate of drug-likeness (QED) is 0.399. The Morgan fingerprint density at radius 3 is 2.31 bits per heavy atom. The third-order valence-corrected chi connectivity index (χ3v) is 5.86. The van der Waals surface area contributed by atoms with Gasteiger partial charge in [-0.05, 0) is 36.6 Å². The first kappa shape index (κ1) is 23.3. The highest BCUT2D eigenvalue weighted by Crippen LogP contribution is 2.36. The van der Waals surface area contributed by atoms with Crippen LogP contribution in [0.15, 0.2) is 77.6 Å². The highest BCUT2D eigenvalue weighted by atomic mass is 19.4. The number of aromatic nitrogens is 5. The standard InChI is InChI=1S/C26H21F3N6O/c1-16-14-19(15-20(31-16)26(27,28)29)21-22(18-10-6-3-7-11-18)32-24(30)35-23(21)33-34(25(35)36)13-12-17-8-4-2-5-9-17/h2-11,14-15H,12-13H2,1H3,(H2,30,32)/p+1. The number of halogens is 3. The molecule has 3 heterocycles. The van der Waals surface area contributed by atoms with Crippen molar-refractivity contribution >= 4 is 11.6 Å². The Hall–Kier alpha value is -4.47. The van der Waals surface area contributed by atoms with Gasteiger partial charge in [0, 0.05) is 11.3 Å². The number of aromatic amines is 1. The maximum Gasteiger partial charge on any atom is 0.433 e. The van der Waals surface area contributed by atoms with Crippen LogP contribution >= 0.6 is 0 Å². The Balaban J connectivity index is 1.77. The van der Waals surface area contributed by atoms with Crippen molar-refractivity contribution in [3.05, 3.63) is 100 Å². The molecule has 0 saturated carbocycles. The molecule has 0 aliphatic carbocycles.